The maximum absolute atomic E-state index is 13.3. The van der Waals surface area contributed by atoms with E-state index in [2.05, 4.69) is 10.1 Å². The van der Waals surface area contributed by atoms with Gasteiger partial charge in [-0.25, -0.2) is 13.2 Å². The van der Waals surface area contributed by atoms with E-state index in [4.69, 9.17) is 0 Å². The van der Waals surface area contributed by atoms with Crippen LogP contribution < -0.4 is 5.32 Å². The minimum Gasteiger partial charge on any atom is -0.465 e. The second-order valence-electron chi connectivity index (χ2n) is 5.96. The van der Waals surface area contributed by atoms with Crippen molar-refractivity contribution in [2.24, 2.45) is 0 Å². The molecule has 0 amide bonds. The Balaban J connectivity index is 2.53. The molecule has 1 unspecified atom stereocenters. The molecule has 0 radical (unpaired) electrons. The maximum Gasteiger partial charge on any atom is 0.417 e. The number of esters is 1. The number of halogens is 3. The van der Waals surface area contributed by atoms with Crippen LogP contribution in [0.4, 0.5) is 13.2 Å². The molecular formula is C16H21F3N2O4S. The maximum atomic E-state index is 13.3. The number of sulfonamides is 1. The highest BCUT2D eigenvalue weighted by Crippen LogP contribution is 2.35. The Bertz CT molecular complexity index is 759. The second kappa shape index (κ2) is 7.93. The smallest absolute Gasteiger partial charge is 0.417 e. The molecule has 1 saturated heterocycles. The van der Waals surface area contributed by atoms with Gasteiger partial charge in [0.05, 0.1) is 23.1 Å². The van der Waals surface area contributed by atoms with Crippen molar-refractivity contribution in [1.82, 2.24) is 9.62 Å². The molecule has 6 nitrogen and oxygen atoms in total. The quantitative estimate of drug-likeness (QED) is 0.749. The molecule has 0 aliphatic carbocycles. The number of benzene rings is 1. The van der Waals surface area contributed by atoms with Crippen molar-refractivity contribution in [2.75, 3.05) is 26.7 Å². The Labute approximate surface area is 150 Å². The molecule has 1 atom stereocenters. The minimum atomic E-state index is -4.89. The molecule has 26 heavy (non-hydrogen) atoms. The lowest BCUT2D eigenvalue weighted by Gasteiger charge is -2.27. The molecule has 0 bridgehead atoms. The van der Waals surface area contributed by atoms with Crippen LogP contribution in [-0.4, -0.2) is 51.5 Å². The number of nitrogens with zero attached hydrogens (tertiary/aromatic N) is 1. The first-order valence-corrected chi connectivity index (χ1v) is 9.59. The van der Waals surface area contributed by atoms with E-state index in [9.17, 15) is 26.4 Å². The number of methoxy groups -OCH3 is 1. The molecule has 0 aromatic heterocycles. The van der Waals surface area contributed by atoms with Crippen LogP contribution in [-0.2, 0) is 20.9 Å². The fraction of sp³-hybridized carbons (Fsp3) is 0.562. The van der Waals surface area contributed by atoms with E-state index < -0.39 is 38.2 Å². The van der Waals surface area contributed by atoms with E-state index in [1.165, 1.54) is 4.31 Å². The van der Waals surface area contributed by atoms with Crippen molar-refractivity contribution in [2.45, 2.75) is 36.9 Å². The summed E-state index contributed by atoms with van der Waals surface area (Å²) in [5.74, 6) is -1.17. The molecule has 1 heterocycles. The monoisotopic (exact) mass is 394 g/mol. The van der Waals surface area contributed by atoms with Crippen LogP contribution in [0.25, 0.3) is 0 Å². The molecule has 146 valence electrons. The number of hydrogen-bond donors (Lipinski definition) is 1. The van der Waals surface area contributed by atoms with Gasteiger partial charge in [0.15, 0.2) is 0 Å². The first-order chi connectivity index (χ1) is 12.1. The third-order valence-electron chi connectivity index (χ3n) is 4.19. The Morgan fingerprint density at radius 2 is 2.08 bits per heavy atom. The Kier molecular flexibility index (Phi) is 6.30. The highest BCUT2D eigenvalue weighted by Gasteiger charge is 2.39. The summed E-state index contributed by atoms with van der Waals surface area (Å²) in [6.07, 6.45) is -3.77. The van der Waals surface area contributed by atoms with Crippen LogP contribution in [0.2, 0.25) is 0 Å². The number of ether oxygens (including phenoxy) is 1. The van der Waals surface area contributed by atoms with Crippen molar-refractivity contribution in [1.29, 1.82) is 0 Å². The molecule has 2 rings (SSSR count). The van der Waals surface area contributed by atoms with Gasteiger partial charge in [-0.15, -0.1) is 0 Å². The molecule has 1 N–H and O–H groups in total. The van der Waals surface area contributed by atoms with Crippen LogP contribution in [0, 0.1) is 0 Å². The molecule has 1 aromatic carbocycles. The Morgan fingerprint density at radius 1 is 1.38 bits per heavy atom. The normalized spacial score (nSPS) is 18.3. The highest BCUT2D eigenvalue weighted by atomic mass is 32.2. The van der Waals surface area contributed by atoms with E-state index in [1.54, 1.807) is 6.92 Å². The van der Waals surface area contributed by atoms with Crippen molar-refractivity contribution < 1.29 is 31.1 Å². The number of carbonyl (C=O) groups is 1. The lowest BCUT2D eigenvalue weighted by atomic mass is 10.1. The largest absolute Gasteiger partial charge is 0.465 e. The predicted molar refractivity (Wildman–Crippen MR) is 88.2 cm³/mol. The topological polar surface area (TPSA) is 75.7 Å². The summed E-state index contributed by atoms with van der Waals surface area (Å²) < 4.78 is 71.5. The SMILES string of the molecule is CCCN(C1CCNC1)S(=O)(=O)c1ccc(C(=O)OC)c(C(F)(F)F)c1. The van der Waals surface area contributed by atoms with Crippen molar-refractivity contribution in [3.63, 3.8) is 0 Å². The third kappa shape index (κ3) is 4.18. The first kappa shape index (κ1) is 20.7. The van der Waals surface area contributed by atoms with E-state index in [1.807, 2.05) is 0 Å². The molecule has 10 heteroatoms. The van der Waals surface area contributed by atoms with Gasteiger partial charge in [0.1, 0.15) is 0 Å². The van der Waals surface area contributed by atoms with Gasteiger partial charge in [-0.3, -0.25) is 0 Å². The fourth-order valence-corrected chi connectivity index (χ4v) is 4.72. The zero-order valence-electron chi connectivity index (χ0n) is 14.5. The van der Waals surface area contributed by atoms with Crippen LogP contribution in [0.3, 0.4) is 0 Å². The molecule has 0 spiro atoms. The van der Waals surface area contributed by atoms with Gasteiger partial charge in [-0.05, 0) is 37.6 Å². The summed E-state index contributed by atoms with van der Waals surface area (Å²) in [6.45, 7) is 3.10. The summed E-state index contributed by atoms with van der Waals surface area (Å²) in [5, 5.41) is 3.05. The van der Waals surface area contributed by atoms with E-state index >= 15 is 0 Å². The van der Waals surface area contributed by atoms with Gasteiger partial charge in [0.25, 0.3) is 0 Å². The van der Waals surface area contributed by atoms with Crippen molar-refractivity contribution in [3.8, 4) is 0 Å². The van der Waals surface area contributed by atoms with Crippen molar-refractivity contribution in [3.05, 3.63) is 29.3 Å². The van der Waals surface area contributed by atoms with E-state index in [-0.39, 0.29) is 12.6 Å². The number of alkyl halides is 3. The standard InChI is InChI=1S/C16H21F3N2O4S/c1-3-8-21(11-6-7-20-10-11)26(23,24)12-4-5-13(15(22)25-2)14(9-12)16(17,18)19/h4-5,9,11,20H,3,6-8,10H2,1-2H3. The van der Waals surface area contributed by atoms with Crippen LogP contribution in [0.5, 0.6) is 0 Å². The highest BCUT2D eigenvalue weighted by molar-refractivity contribution is 7.89. The average Bonchev–Trinajstić information content (AvgIpc) is 3.11. The molecule has 1 aliphatic heterocycles. The molecule has 1 aliphatic rings. The summed E-state index contributed by atoms with van der Waals surface area (Å²) in [6, 6.07) is 2.06. The van der Waals surface area contributed by atoms with E-state index in [0.29, 0.717) is 32.0 Å². The van der Waals surface area contributed by atoms with Gasteiger partial charge in [-0.1, -0.05) is 6.92 Å². The van der Waals surface area contributed by atoms with Gasteiger partial charge in [-0.2, -0.15) is 17.5 Å². The average molecular weight is 394 g/mol. The zero-order chi connectivity index (χ0) is 19.5. The van der Waals surface area contributed by atoms with Crippen LogP contribution in [0.15, 0.2) is 23.1 Å². The zero-order valence-corrected chi connectivity index (χ0v) is 15.3. The molecular weight excluding hydrogens is 373 g/mol. The third-order valence-corrected chi connectivity index (χ3v) is 6.14. The van der Waals surface area contributed by atoms with E-state index in [0.717, 1.165) is 19.2 Å². The summed E-state index contributed by atoms with van der Waals surface area (Å²) in [5.41, 5.74) is -2.05. The second-order valence-corrected chi connectivity index (χ2v) is 7.85. The van der Waals surface area contributed by atoms with Crippen LogP contribution >= 0.6 is 0 Å². The summed E-state index contributed by atoms with van der Waals surface area (Å²) in [7, 11) is -3.18. The minimum absolute atomic E-state index is 0.203. The predicted octanol–water partition coefficient (Wildman–Crippen LogP) is 2.25. The molecule has 1 aromatic rings. The number of rotatable bonds is 6. The Hall–Kier alpha value is -1.65. The number of carbonyl (C=O) groups excluding carboxylic acids is 1. The fourth-order valence-electron chi connectivity index (χ4n) is 2.95. The van der Waals surface area contributed by atoms with Crippen molar-refractivity contribution >= 4 is 16.0 Å². The van der Waals surface area contributed by atoms with Crippen LogP contribution in [0.1, 0.15) is 35.7 Å². The molecule has 1 fully saturated rings. The van der Waals surface area contributed by atoms with Gasteiger partial charge in [0.2, 0.25) is 10.0 Å². The van der Waals surface area contributed by atoms with Gasteiger partial charge >= 0.3 is 12.1 Å². The molecule has 0 saturated carbocycles. The number of nitrogens with one attached hydrogen (secondary N) is 1. The van der Waals surface area contributed by atoms with Gasteiger partial charge in [0, 0.05) is 19.1 Å². The lowest BCUT2D eigenvalue weighted by Crippen LogP contribution is -2.42. The lowest BCUT2D eigenvalue weighted by molar-refractivity contribution is -0.138. The summed E-state index contributed by atoms with van der Waals surface area (Å²) >= 11 is 0. The van der Waals surface area contributed by atoms with Gasteiger partial charge < -0.3 is 10.1 Å². The first-order valence-electron chi connectivity index (χ1n) is 8.15. The Morgan fingerprint density at radius 3 is 2.58 bits per heavy atom. The summed E-state index contributed by atoms with van der Waals surface area (Å²) in [4.78, 5) is 11.1. The number of hydrogen-bond acceptors (Lipinski definition) is 5.